The van der Waals surface area contributed by atoms with E-state index < -0.39 is 46.9 Å². The van der Waals surface area contributed by atoms with E-state index in [0.29, 0.717) is 0 Å². The first-order valence-electron chi connectivity index (χ1n) is 10.8. The average Bonchev–Trinajstić information content (AvgIpc) is 2.90. The molecule has 12 nitrogen and oxygen atoms in total. The maximum absolute atomic E-state index is 10.7. The van der Waals surface area contributed by atoms with Gasteiger partial charge in [0.2, 0.25) is 0 Å². The Morgan fingerprint density at radius 1 is 0.357 bits per heavy atom. The molecule has 0 saturated heterocycles. The minimum Gasteiger partial charge on any atom is -0.872 e. The minimum absolute atomic E-state index is 0. The van der Waals surface area contributed by atoms with Crippen LogP contribution in [0.4, 0.5) is 0 Å². The van der Waals surface area contributed by atoms with E-state index in [-0.39, 0.29) is 68.4 Å². The van der Waals surface area contributed by atoms with Crippen LogP contribution in [0.25, 0.3) is 0 Å². The molecule has 0 radical (unpaired) electrons. The summed E-state index contributed by atoms with van der Waals surface area (Å²) < 4.78 is 0. The summed E-state index contributed by atoms with van der Waals surface area (Å²) in [5.41, 5.74) is -0.713. The number of rotatable bonds is 4. The van der Waals surface area contributed by atoms with Gasteiger partial charge in [-0.3, -0.25) is 0 Å². The van der Waals surface area contributed by atoms with Gasteiger partial charge in [-0.25, -0.2) is 19.2 Å². The van der Waals surface area contributed by atoms with Crippen molar-refractivity contribution in [2.24, 2.45) is 0 Å². The summed E-state index contributed by atoms with van der Waals surface area (Å²) in [6, 6.07) is 22.1. The molecule has 208 valence electrons. The van der Waals surface area contributed by atoms with Gasteiger partial charge in [0, 0.05) is 0 Å². The second kappa shape index (κ2) is 20.4. The van der Waals surface area contributed by atoms with Gasteiger partial charge in [0.25, 0.3) is 0 Å². The molecule has 0 saturated carbocycles. The van der Waals surface area contributed by atoms with Crippen LogP contribution < -0.4 is 20.4 Å². The molecule has 0 aliphatic heterocycles. The van der Waals surface area contributed by atoms with E-state index in [4.69, 9.17) is 20.4 Å². The van der Waals surface area contributed by atoms with Crippen molar-refractivity contribution in [2.75, 3.05) is 0 Å². The maximum Gasteiger partial charge on any atom is 2.00 e. The summed E-state index contributed by atoms with van der Waals surface area (Å²) in [4.78, 5) is 40.9. The van der Waals surface area contributed by atoms with Gasteiger partial charge in [-0.2, -0.15) is 0 Å². The second-order valence-electron chi connectivity index (χ2n) is 7.21. The van der Waals surface area contributed by atoms with E-state index >= 15 is 0 Å². The van der Waals surface area contributed by atoms with Crippen molar-refractivity contribution in [3.8, 4) is 23.0 Å². The molecule has 4 N–H and O–H groups in total. The van der Waals surface area contributed by atoms with E-state index in [0.717, 1.165) is 0 Å². The molecule has 0 bridgehead atoms. The van der Waals surface area contributed by atoms with Gasteiger partial charge in [0.05, 0.1) is 22.3 Å². The molecule has 0 spiro atoms. The van der Waals surface area contributed by atoms with Crippen molar-refractivity contribution < 1.29 is 60.0 Å². The Balaban J connectivity index is 0. The molecular weight excluding hydrogens is 577 g/mol. The fraction of sp³-hybridized carbons (Fsp3) is 0. The molecule has 4 rings (SSSR count). The predicted octanol–water partition coefficient (Wildman–Crippen LogP) is 1.07. The maximum atomic E-state index is 10.7. The van der Waals surface area contributed by atoms with Crippen LogP contribution in [0.5, 0.6) is 23.0 Å². The van der Waals surface area contributed by atoms with Crippen LogP contribution in [0.2, 0.25) is 0 Å². The fourth-order valence-corrected chi connectivity index (χ4v) is 2.57. The molecule has 0 unspecified atom stereocenters. The van der Waals surface area contributed by atoms with Crippen molar-refractivity contribution in [3.63, 3.8) is 0 Å². The quantitative estimate of drug-likeness (QED) is 0.242. The number of aromatic carboxylic acids is 4. The molecule has 0 aromatic heterocycles. The second-order valence-corrected chi connectivity index (χ2v) is 7.21. The SMILES string of the molecule is O=C(O)c1ccccc1[O-].O=C(O)c1ccccc1[O-].O=C(O)c1ccccc1[O-].O=C(O)c1ccccc1[O-].[Mg+2].[Mg+2]. The number of hydrogen-bond donors (Lipinski definition) is 4. The zero-order valence-corrected chi connectivity index (χ0v) is 24.5. The molecule has 4 aromatic carbocycles. The Bertz CT molecular complexity index is 1250. The first kappa shape index (κ1) is 39.6. The van der Waals surface area contributed by atoms with Crippen LogP contribution >= 0.6 is 0 Å². The fourth-order valence-electron chi connectivity index (χ4n) is 2.57. The third kappa shape index (κ3) is 13.7. The predicted molar refractivity (Wildman–Crippen MR) is 143 cm³/mol. The summed E-state index contributed by atoms with van der Waals surface area (Å²) in [7, 11) is 0. The van der Waals surface area contributed by atoms with Crippen LogP contribution in [0, 0.1) is 0 Å². The Kier molecular flexibility index (Phi) is 19.2. The normalized spacial score (nSPS) is 8.76. The first-order valence-corrected chi connectivity index (χ1v) is 10.8. The van der Waals surface area contributed by atoms with E-state index in [1.807, 2.05) is 0 Å². The minimum atomic E-state index is -1.18. The first-order chi connectivity index (χ1) is 18.9. The zero-order chi connectivity index (χ0) is 30.2. The number of carboxylic acids is 4. The number of carboxylic acid groups (broad SMARTS) is 4. The molecule has 0 aliphatic rings. The monoisotopic (exact) mass is 596 g/mol. The summed E-state index contributed by atoms with van der Waals surface area (Å²) in [6.07, 6.45) is 0. The number of para-hydroxylation sites is 4. The number of carbonyl (C=O) groups is 4. The smallest absolute Gasteiger partial charge is 0.872 e. The molecule has 42 heavy (non-hydrogen) atoms. The Labute approximate surface area is 271 Å². The van der Waals surface area contributed by atoms with E-state index in [1.54, 1.807) is 0 Å². The van der Waals surface area contributed by atoms with E-state index in [2.05, 4.69) is 0 Å². The Morgan fingerprint density at radius 2 is 0.500 bits per heavy atom. The van der Waals surface area contributed by atoms with Gasteiger partial charge in [0.15, 0.2) is 0 Å². The van der Waals surface area contributed by atoms with Crippen LogP contribution in [0.1, 0.15) is 41.4 Å². The van der Waals surface area contributed by atoms with Gasteiger partial charge >= 0.3 is 70.0 Å². The van der Waals surface area contributed by atoms with Crippen molar-refractivity contribution in [1.82, 2.24) is 0 Å². The molecular formula is C28H20Mg2O12. The molecule has 0 amide bonds. The van der Waals surface area contributed by atoms with E-state index in [1.165, 1.54) is 97.1 Å². The summed E-state index contributed by atoms with van der Waals surface area (Å²) in [5, 5.41) is 76.2. The summed E-state index contributed by atoms with van der Waals surface area (Å²) in [6.45, 7) is 0. The average molecular weight is 597 g/mol. The van der Waals surface area contributed by atoms with Crippen molar-refractivity contribution in [3.05, 3.63) is 119 Å². The Hall–Kier alpha value is -4.51. The third-order valence-electron chi connectivity index (χ3n) is 4.47. The standard InChI is InChI=1S/4C7H6O3.2Mg/c4*8-6-4-2-1-3-5(6)7(9)10;;/h4*1-4,8H,(H,9,10);;/q;;;;2*+2/p-4. The van der Waals surface area contributed by atoms with Crippen LogP contribution in [-0.4, -0.2) is 90.4 Å². The third-order valence-corrected chi connectivity index (χ3v) is 4.47. The zero-order valence-electron chi connectivity index (χ0n) is 21.7. The summed E-state index contributed by atoms with van der Waals surface area (Å²) >= 11 is 0. The molecule has 14 heteroatoms. The molecule has 0 aliphatic carbocycles. The molecule has 0 fully saturated rings. The molecule has 0 atom stereocenters. The van der Waals surface area contributed by atoms with Gasteiger partial charge in [-0.15, -0.1) is 0 Å². The van der Waals surface area contributed by atoms with Gasteiger partial charge in [0.1, 0.15) is 0 Å². The number of benzene rings is 4. The van der Waals surface area contributed by atoms with Gasteiger partial charge < -0.3 is 40.9 Å². The molecule has 0 heterocycles. The Morgan fingerprint density at radius 3 is 0.595 bits per heavy atom. The van der Waals surface area contributed by atoms with Crippen molar-refractivity contribution in [2.45, 2.75) is 0 Å². The van der Waals surface area contributed by atoms with Crippen LogP contribution in [0.15, 0.2) is 97.1 Å². The van der Waals surface area contributed by atoms with Gasteiger partial charge in [-0.1, -0.05) is 95.8 Å². The summed E-state index contributed by atoms with van der Waals surface area (Å²) in [5.74, 6) is -6.50. The van der Waals surface area contributed by atoms with Gasteiger partial charge in [-0.05, 0) is 24.3 Å². The molecule has 4 aromatic rings. The van der Waals surface area contributed by atoms with Crippen LogP contribution in [0.3, 0.4) is 0 Å². The topological polar surface area (TPSA) is 241 Å². The number of hydrogen-bond acceptors (Lipinski definition) is 8. The van der Waals surface area contributed by atoms with E-state index in [9.17, 15) is 39.6 Å². The van der Waals surface area contributed by atoms with Crippen molar-refractivity contribution in [1.29, 1.82) is 0 Å². The van der Waals surface area contributed by atoms with Crippen LogP contribution in [-0.2, 0) is 0 Å². The largest absolute Gasteiger partial charge is 2.00 e. The van der Waals surface area contributed by atoms with Crippen molar-refractivity contribution >= 4 is 70.0 Å².